The molecule has 0 aliphatic rings. The molecule has 0 spiro atoms. The van der Waals surface area contributed by atoms with Gasteiger partial charge in [0.1, 0.15) is 0 Å². The molecule has 3 heteroatoms. The quantitative estimate of drug-likeness (QED) is 0.613. The molecular weight excluding hydrogens is 154 g/mol. The molecule has 0 aliphatic heterocycles. The first-order chi connectivity index (χ1) is 5.66. The van der Waals surface area contributed by atoms with Crippen LogP contribution in [0.2, 0.25) is 0 Å². The lowest BCUT2D eigenvalue weighted by Crippen LogP contribution is -2.19. The van der Waals surface area contributed by atoms with E-state index in [4.69, 9.17) is 5.11 Å². The van der Waals surface area contributed by atoms with E-state index in [1.807, 2.05) is 7.05 Å². The highest BCUT2D eigenvalue weighted by atomic mass is 16.4. The summed E-state index contributed by atoms with van der Waals surface area (Å²) in [6.45, 7) is 3.88. The number of carbonyl (C=O) groups is 1. The molecule has 1 N–H and O–H groups in total. The fourth-order valence-corrected chi connectivity index (χ4v) is 0.853. The Kier molecular flexibility index (Phi) is 6.38. The summed E-state index contributed by atoms with van der Waals surface area (Å²) >= 11 is 0. The van der Waals surface area contributed by atoms with Crippen LogP contribution in [0.15, 0.2) is 12.2 Å². The van der Waals surface area contributed by atoms with Crippen LogP contribution in [0.3, 0.4) is 0 Å². The molecule has 0 saturated heterocycles. The Hall–Kier alpha value is -0.830. The van der Waals surface area contributed by atoms with Crippen LogP contribution in [0, 0.1) is 0 Å². The number of unbranched alkanes of at least 4 members (excludes halogenated alkanes) is 1. The summed E-state index contributed by atoms with van der Waals surface area (Å²) in [7, 11) is 1.99. The second kappa shape index (κ2) is 6.85. The summed E-state index contributed by atoms with van der Waals surface area (Å²) in [5.41, 5.74) is 0. The molecule has 0 amide bonds. The van der Waals surface area contributed by atoms with Gasteiger partial charge in [-0.1, -0.05) is 19.4 Å². The minimum atomic E-state index is -0.876. The Balaban J connectivity index is 3.42. The van der Waals surface area contributed by atoms with Gasteiger partial charge >= 0.3 is 5.97 Å². The van der Waals surface area contributed by atoms with E-state index in [1.54, 1.807) is 6.08 Å². The van der Waals surface area contributed by atoms with Gasteiger partial charge in [-0.3, -0.25) is 0 Å². The largest absolute Gasteiger partial charge is 0.478 e. The summed E-state index contributed by atoms with van der Waals surface area (Å²) in [5, 5.41) is 8.30. The summed E-state index contributed by atoms with van der Waals surface area (Å²) in [5.74, 6) is -0.876. The number of carboxylic acid groups (broad SMARTS) is 1. The molecule has 3 nitrogen and oxygen atoms in total. The van der Waals surface area contributed by atoms with Crippen molar-refractivity contribution in [3.63, 3.8) is 0 Å². The second-order valence-electron chi connectivity index (χ2n) is 2.86. The number of hydrogen-bond donors (Lipinski definition) is 1. The number of aliphatic carboxylic acids is 1. The third-order valence-electron chi connectivity index (χ3n) is 1.57. The molecule has 0 fully saturated rings. The third-order valence-corrected chi connectivity index (χ3v) is 1.57. The van der Waals surface area contributed by atoms with Crippen LogP contribution in [0.25, 0.3) is 0 Å². The number of carboxylic acids is 1. The van der Waals surface area contributed by atoms with Gasteiger partial charge in [-0.2, -0.15) is 0 Å². The van der Waals surface area contributed by atoms with Crippen molar-refractivity contribution >= 4 is 5.97 Å². The van der Waals surface area contributed by atoms with Crippen molar-refractivity contribution < 1.29 is 9.90 Å². The lowest BCUT2D eigenvalue weighted by atomic mass is 10.3. The molecule has 0 heterocycles. The van der Waals surface area contributed by atoms with E-state index in [0.717, 1.165) is 13.0 Å². The maximum absolute atomic E-state index is 10.1. The lowest BCUT2D eigenvalue weighted by Gasteiger charge is -2.12. The van der Waals surface area contributed by atoms with Gasteiger partial charge in [0, 0.05) is 12.6 Å². The van der Waals surface area contributed by atoms with Crippen molar-refractivity contribution in [2.45, 2.75) is 19.8 Å². The fraction of sp³-hybridized carbons (Fsp3) is 0.667. The molecule has 0 bridgehead atoms. The predicted octanol–water partition coefficient (Wildman–Crippen LogP) is 1.36. The topological polar surface area (TPSA) is 40.5 Å². The Morgan fingerprint density at radius 3 is 2.75 bits per heavy atom. The maximum atomic E-state index is 10.1. The van der Waals surface area contributed by atoms with E-state index in [1.165, 1.54) is 12.5 Å². The molecule has 12 heavy (non-hydrogen) atoms. The van der Waals surface area contributed by atoms with Crippen LogP contribution >= 0.6 is 0 Å². The van der Waals surface area contributed by atoms with Crippen molar-refractivity contribution in [2.24, 2.45) is 0 Å². The van der Waals surface area contributed by atoms with E-state index in [-0.39, 0.29) is 0 Å². The maximum Gasteiger partial charge on any atom is 0.328 e. The molecule has 0 aromatic rings. The smallest absolute Gasteiger partial charge is 0.328 e. The van der Waals surface area contributed by atoms with Crippen LogP contribution in [0.4, 0.5) is 0 Å². The molecule has 0 aliphatic carbocycles. The van der Waals surface area contributed by atoms with Gasteiger partial charge in [-0.15, -0.1) is 0 Å². The zero-order valence-corrected chi connectivity index (χ0v) is 7.79. The molecule has 70 valence electrons. The van der Waals surface area contributed by atoms with E-state index < -0.39 is 5.97 Å². The van der Waals surface area contributed by atoms with Crippen LogP contribution in [-0.4, -0.2) is 36.1 Å². The molecule has 0 saturated carbocycles. The van der Waals surface area contributed by atoms with Crippen LogP contribution in [0.5, 0.6) is 0 Å². The third kappa shape index (κ3) is 7.28. The lowest BCUT2D eigenvalue weighted by molar-refractivity contribution is -0.131. The number of nitrogens with zero attached hydrogens (tertiary/aromatic N) is 1. The zero-order valence-electron chi connectivity index (χ0n) is 7.79. The van der Waals surface area contributed by atoms with Crippen LogP contribution in [-0.2, 0) is 4.79 Å². The standard InChI is InChI=1S/C9H17NO2/c1-3-4-7-10(2)8-5-6-9(11)12/h5-6H,3-4,7-8H2,1-2H3,(H,11,12). The minimum absolute atomic E-state index is 0.715. The molecular formula is C9H17NO2. The summed E-state index contributed by atoms with van der Waals surface area (Å²) in [4.78, 5) is 12.2. The monoisotopic (exact) mass is 171 g/mol. The first-order valence-electron chi connectivity index (χ1n) is 4.24. The highest BCUT2D eigenvalue weighted by molar-refractivity contribution is 5.79. The average molecular weight is 171 g/mol. The SMILES string of the molecule is CCCCN(C)CC=CC(=O)O. The van der Waals surface area contributed by atoms with E-state index in [9.17, 15) is 4.79 Å². The van der Waals surface area contributed by atoms with Gasteiger partial charge in [0.2, 0.25) is 0 Å². The summed E-state index contributed by atoms with van der Waals surface area (Å²) in [6.07, 6.45) is 5.19. The summed E-state index contributed by atoms with van der Waals surface area (Å²) < 4.78 is 0. The molecule has 0 radical (unpaired) electrons. The molecule has 0 aromatic heterocycles. The zero-order chi connectivity index (χ0) is 9.40. The van der Waals surface area contributed by atoms with Gasteiger partial charge in [0.25, 0.3) is 0 Å². The predicted molar refractivity (Wildman–Crippen MR) is 49.2 cm³/mol. The fourth-order valence-electron chi connectivity index (χ4n) is 0.853. The minimum Gasteiger partial charge on any atom is -0.478 e. The Bertz CT molecular complexity index is 155. The molecule has 0 unspecified atom stereocenters. The van der Waals surface area contributed by atoms with Crippen LogP contribution < -0.4 is 0 Å². The Morgan fingerprint density at radius 1 is 1.58 bits per heavy atom. The van der Waals surface area contributed by atoms with Gasteiger partial charge < -0.3 is 10.0 Å². The van der Waals surface area contributed by atoms with Gasteiger partial charge in [0.15, 0.2) is 0 Å². The number of hydrogen-bond acceptors (Lipinski definition) is 2. The van der Waals surface area contributed by atoms with Gasteiger partial charge in [0.05, 0.1) is 0 Å². The van der Waals surface area contributed by atoms with Crippen molar-refractivity contribution in [3.8, 4) is 0 Å². The van der Waals surface area contributed by atoms with E-state index in [2.05, 4.69) is 11.8 Å². The number of likely N-dealkylation sites (N-methyl/N-ethyl adjacent to an activating group) is 1. The normalized spacial score (nSPS) is 11.2. The van der Waals surface area contributed by atoms with E-state index >= 15 is 0 Å². The van der Waals surface area contributed by atoms with Crippen molar-refractivity contribution in [3.05, 3.63) is 12.2 Å². The number of rotatable bonds is 6. The van der Waals surface area contributed by atoms with Crippen LogP contribution in [0.1, 0.15) is 19.8 Å². The highest BCUT2D eigenvalue weighted by Crippen LogP contribution is 1.91. The van der Waals surface area contributed by atoms with Crippen molar-refractivity contribution in [2.75, 3.05) is 20.1 Å². The average Bonchev–Trinajstić information content (AvgIpc) is 2.00. The van der Waals surface area contributed by atoms with Gasteiger partial charge in [-0.25, -0.2) is 4.79 Å². The first-order valence-corrected chi connectivity index (χ1v) is 4.24. The Labute approximate surface area is 73.7 Å². The molecule has 0 aromatic carbocycles. The molecule has 0 atom stereocenters. The van der Waals surface area contributed by atoms with E-state index in [0.29, 0.717) is 6.54 Å². The Morgan fingerprint density at radius 2 is 2.25 bits per heavy atom. The second-order valence-corrected chi connectivity index (χ2v) is 2.86. The first kappa shape index (κ1) is 11.2. The highest BCUT2D eigenvalue weighted by Gasteiger charge is 1.93. The van der Waals surface area contributed by atoms with Crippen molar-refractivity contribution in [1.82, 2.24) is 4.90 Å². The van der Waals surface area contributed by atoms with Gasteiger partial charge in [-0.05, 0) is 20.0 Å². The van der Waals surface area contributed by atoms with Crippen molar-refractivity contribution in [1.29, 1.82) is 0 Å². The molecule has 0 rings (SSSR count). The summed E-state index contributed by atoms with van der Waals surface area (Å²) in [6, 6.07) is 0.